The molecule has 1 heterocycles. The van der Waals surface area contributed by atoms with Crippen LogP contribution in [0.1, 0.15) is 33.4 Å². The second kappa shape index (κ2) is 9.50. The molecule has 1 atom stereocenters. The molecule has 26 heavy (non-hydrogen) atoms. The largest absolute Gasteiger partial charge is 0.444 e. The lowest BCUT2D eigenvalue weighted by molar-refractivity contribution is 0.0278. The van der Waals surface area contributed by atoms with Crippen molar-refractivity contribution in [2.45, 2.75) is 39.8 Å². The third-order valence-electron chi connectivity index (χ3n) is 3.92. The number of nitrogens with one attached hydrogen (secondary N) is 1. The average molecular weight is 366 g/mol. The Labute approximate surface area is 158 Å². The number of aliphatic imine (C=N–C) groups is 1. The summed E-state index contributed by atoms with van der Waals surface area (Å²) in [5.41, 5.74) is 0.738. The molecule has 1 N–H and O–H groups in total. The maximum absolute atomic E-state index is 12.1. The van der Waals surface area contributed by atoms with Crippen LogP contribution in [0.5, 0.6) is 0 Å². The predicted molar refractivity (Wildman–Crippen MR) is 106 cm³/mol. The molecule has 0 radical (unpaired) electrons. The van der Waals surface area contributed by atoms with Gasteiger partial charge in [0.15, 0.2) is 5.96 Å². The van der Waals surface area contributed by atoms with Gasteiger partial charge in [-0.05, 0) is 38.8 Å². The van der Waals surface area contributed by atoms with Crippen LogP contribution in [0.2, 0.25) is 0 Å². The highest BCUT2D eigenvalue weighted by atomic mass is 16.6. The van der Waals surface area contributed by atoms with Crippen molar-refractivity contribution in [3.05, 3.63) is 24.0 Å². The summed E-state index contributed by atoms with van der Waals surface area (Å²) in [6, 6.07) is 4.14. The van der Waals surface area contributed by atoms with Gasteiger partial charge in [0, 0.05) is 53.2 Å². The van der Waals surface area contributed by atoms with Crippen LogP contribution in [0, 0.1) is 5.92 Å². The third-order valence-corrected chi connectivity index (χ3v) is 3.92. The zero-order valence-electron chi connectivity index (χ0n) is 17.5. The van der Waals surface area contributed by atoms with Crippen LogP contribution in [0.25, 0.3) is 0 Å². The van der Waals surface area contributed by atoms with Crippen molar-refractivity contribution >= 4 is 12.1 Å². The Hall–Kier alpha value is -2.18. The summed E-state index contributed by atoms with van der Waals surface area (Å²) in [5.74, 6) is 1.09. The van der Waals surface area contributed by atoms with E-state index in [1.54, 1.807) is 19.0 Å². The number of aryl methyl sites for hydroxylation is 1. The number of rotatable bonds is 6. The quantitative estimate of drug-likeness (QED) is 0.622. The number of hydrogen-bond donors (Lipinski definition) is 1. The Kier molecular flexibility index (Phi) is 7.99. The van der Waals surface area contributed by atoms with Gasteiger partial charge in [0.1, 0.15) is 5.60 Å². The summed E-state index contributed by atoms with van der Waals surface area (Å²) >= 11 is 0. The highest BCUT2D eigenvalue weighted by Crippen LogP contribution is 2.10. The summed E-state index contributed by atoms with van der Waals surface area (Å²) < 4.78 is 7.49. The van der Waals surface area contributed by atoms with Crippen LogP contribution in [0.15, 0.2) is 23.3 Å². The fourth-order valence-corrected chi connectivity index (χ4v) is 2.58. The van der Waals surface area contributed by atoms with Crippen LogP contribution in [0.3, 0.4) is 0 Å². The topological polar surface area (TPSA) is 62.1 Å². The molecule has 0 aromatic carbocycles. The van der Waals surface area contributed by atoms with Gasteiger partial charge in [-0.15, -0.1) is 0 Å². The standard InChI is InChI=1S/C19H35N5O2/c1-15(13-24(8)18(25)26-19(2,3)4)12-21-17(20-5)23(7)14-16-10-9-11-22(16)6/h9-11,15H,12-14H2,1-8H3,(H,20,21). The smallest absolute Gasteiger partial charge is 0.410 e. The lowest BCUT2D eigenvalue weighted by Crippen LogP contribution is -2.43. The van der Waals surface area contributed by atoms with Crippen LogP contribution in [-0.4, -0.2) is 66.3 Å². The number of nitrogens with zero attached hydrogens (tertiary/aromatic N) is 4. The first-order valence-corrected chi connectivity index (χ1v) is 8.99. The molecule has 0 aliphatic carbocycles. The van der Waals surface area contributed by atoms with Crippen molar-refractivity contribution in [3.63, 3.8) is 0 Å². The van der Waals surface area contributed by atoms with Crippen molar-refractivity contribution in [3.8, 4) is 0 Å². The van der Waals surface area contributed by atoms with Crippen LogP contribution >= 0.6 is 0 Å². The number of guanidine groups is 1. The van der Waals surface area contributed by atoms with Crippen molar-refractivity contribution in [1.82, 2.24) is 19.7 Å². The minimum atomic E-state index is -0.478. The molecule has 7 heteroatoms. The van der Waals surface area contributed by atoms with E-state index < -0.39 is 5.60 Å². The fraction of sp³-hybridized carbons (Fsp3) is 0.684. The molecule has 1 aromatic rings. The number of amides is 1. The molecule has 0 fully saturated rings. The number of aromatic nitrogens is 1. The van der Waals surface area contributed by atoms with Crippen molar-refractivity contribution in [1.29, 1.82) is 0 Å². The Balaban J connectivity index is 2.47. The van der Waals surface area contributed by atoms with E-state index >= 15 is 0 Å². The van der Waals surface area contributed by atoms with Crippen molar-refractivity contribution in [2.75, 3.05) is 34.2 Å². The third kappa shape index (κ3) is 7.37. The Morgan fingerprint density at radius 2 is 2.00 bits per heavy atom. The molecule has 1 amide bonds. The highest BCUT2D eigenvalue weighted by molar-refractivity contribution is 5.79. The normalized spacial score (nSPS) is 13.3. The lowest BCUT2D eigenvalue weighted by Gasteiger charge is -2.27. The molecule has 7 nitrogen and oxygen atoms in total. The molecule has 0 bridgehead atoms. The summed E-state index contributed by atoms with van der Waals surface area (Å²) in [6.45, 7) is 9.81. The van der Waals surface area contributed by atoms with E-state index in [1.165, 1.54) is 5.69 Å². The molecule has 0 spiro atoms. The van der Waals surface area contributed by atoms with Gasteiger partial charge in [-0.25, -0.2) is 4.79 Å². The van der Waals surface area contributed by atoms with Gasteiger partial charge >= 0.3 is 6.09 Å². The van der Waals surface area contributed by atoms with Crippen molar-refractivity contribution in [2.24, 2.45) is 18.0 Å². The Bertz CT molecular complexity index is 603. The first-order chi connectivity index (χ1) is 12.0. The summed E-state index contributed by atoms with van der Waals surface area (Å²) in [7, 11) is 7.59. The van der Waals surface area contributed by atoms with E-state index in [4.69, 9.17) is 4.74 Å². The summed E-state index contributed by atoms with van der Waals surface area (Å²) in [6.07, 6.45) is 1.74. The number of carbonyl (C=O) groups is 1. The average Bonchev–Trinajstić information content (AvgIpc) is 2.91. The molecular weight excluding hydrogens is 330 g/mol. The number of carbonyl (C=O) groups excluding carboxylic acids is 1. The predicted octanol–water partition coefficient (Wildman–Crippen LogP) is 2.54. The van der Waals surface area contributed by atoms with E-state index in [1.807, 2.05) is 47.1 Å². The molecule has 148 valence electrons. The molecule has 0 saturated carbocycles. The fourth-order valence-electron chi connectivity index (χ4n) is 2.58. The van der Waals surface area contributed by atoms with E-state index in [0.717, 1.165) is 19.0 Å². The number of hydrogen-bond acceptors (Lipinski definition) is 3. The van der Waals surface area contributed by atoms with Gasteiger partial charge in [0.05, 0.1) is 6.54 Å². The SMILES string of the molecule is CN=C(NCC(C)CN(C)C(=O)OC(C)(C)C)N(C)Cc1cccn1C. The first-order valence-electron chi connectivity index (χ1n) is 8.99. The molecule has 1 rings (SSSR count). The maximum atomic E-state index is 12.1. The summed E-state index contributed by atoms with van der Waals surface area (Å²) in [5, 5.41) is 3.38. The first kappa shape index (κ1) is 21.9. The lowest BCUT2D eigenvalue weighted by atomic mass is 10.1. The van der Waals surface area contributed by atoms with Gasteiger partial charge in [-0.2, -0.15) is 0 Å². The van der Waals surface area contributed by atoms with E-state index in [9.17, 15) is 4.79 Å². The van der Waals surface area contributed by atoms with Gasteiger partial charge in [-0.3, -0.25) is 4.99 Å². The van der Waals surface area contributed by atoms with Gasteiger partial charge in [0.25, 0.3) is 0 Å². The number of ether oxygens (including phenoxy) is 1. The van der Waals surface area contributed by atoms with Crippen molar-refractivity contribution < 1.29 is 9.53 Å². The molecular formula is C19H35N5O2. The zero-order chi connectivity index (χ0) is 19.9. The highest BCUT2D eigenvalue weighted by Gasteiger charge is 2.21. The monoisotopic (exact) mass is 365 g/mol. The van der Waals surface area contributed by atoms with Crippen LogP contribution in [-0.2, 0) is 18.3 Å². The van der Waals surface area contributed by atoms with Gasteiger partial charge in [-0.1, -0.05) is 6.92 Å². The minimum absolute atomic E-state index is 0.257. The van der Waals surface area contributed by atoms with Crippen LogP contribution < -0.4 is 5.32 Å². The molecule has 1 unspecified atom stereocenters. The Morgan fingerprint density at radius 1 is 1.35 bits per heavy atom. The molecule has 0 aliphatic rings. The van der Waals surface area contributed by atoms with E-state index in [2.05, 4.69) is 32.8 Å². The van der Waals surface area contributed by atoms with Crippen LogP contribution in [0.4, 0.5) is 4.79 Å². The van der Waals surface area contributed by atoms with E-state index in [0.29, 0.717) is 6.54 Å². The van der Waals surface area contributed by atoms with Gasteiger partial charge in [0.2, 0.25) is 0 Å². The summed E-state index contributed by atoms with van der Waals surface area (Å²) in [4.78, 5) is 20.1. The second-order valence-electron chi connectivity index (χ2n) is 7.86. The zero-order valence-corrected chi connectivity index (χ0v) is 17.5. The second-order valence-corrected chi connectivity index (χ2v) is 7.86. The molecule has 0 saturated heterocycles. The molecule has 0 aliphatic heterocycles. The maximum Gasteiger partial charge on any atom is 0.410 e. The van der Waals surface area contributed by atoms with E-state index in [-0.39, 0.29) is 12.0 Å². The Morgan fingerprint density at radius 3 is 2.50 bits per heavy atom. The minimum Gasteiger partial charge on any atom is -0.444 e. The van der Waals surface area contributed by atoms with Gasteiger partial charge < -0.3 is 24.4 Å². The molecule has 1 aromatic heterocycles.